The van der Waals surface area contributed by atoms with Crippen molar-refractivity contribution in [1.82, 2.24) is 14.3 Å². The number of carbonyl (C=O) groups is 1. The first-order valence-electron chi connectivity index (χ1n) is 8.03. The zero-order valence-corrected chi connectivity index (χ0v) is 14.6. The minimum absolute atomic E-state index is 0.0391. The van der Waals surface area contributed by atoms with Gasteiger partial charge in [0.15, 0.2) is 0 Å². The van der Waals surface area contributed by atoms with Crippen LogP contribution >= 0.6 is 0 Å². The Morgan fingerprint density at radius 3 is 2.50 bits per heavy atom. The van der Waals surface area contributed by atoms with Crippen LogP contribution in [0.5, 0.6) is 0 Å². The van der Waals surface area contributed by atoms with E-state index in [9.17, 15) is 14.4 Å². The number of aryl methyl sites for hydroxylation is 1. The van der Waals surface area contributed by atoms with Gasteiger partial charge in [-0.1, -0.05) is 18.2 Å². The highest BCUT2D eigenvalue weighted by molar-refractivity contribution is 6.07. The van der Waals surface area contributed by atoms with E-state index >= 15 is 0 Å². The van der Waals surface area contributed by atoms with Crippen LogP contribution in [0, 0.1) is 0 Å². The number of benzene rings is 1. The first-order chi connectivity index (χ1) is 12.5. The molecule has 8 heteroatoms. The third kappa shape index (κ3) is 2.65. The number of nitrogens with one attached hydrogen (secondary N) is 1. The van der Waals surface area contributed by atoms with Gasteiger partial charge < -0.3 is 14.6 Å². The Balaban J connectivity index is 2.51. The molecule has 26 heavy (non-hydrogen) atoms. The molecule has 0 amide bonds. The molecule has 0 unspecified atom stereocenters. The van der Waals surface area contributed by atoms with Gasteiger partial charge in [-0.15, -0.1) is 0 Å². The molecule has 0 radical (unpaired) electrons. The van der Waals surface area contributed by atoms with Gasteiger partial charge in [0.1, 0.15) is 11.3 Å². The molecule has 0 aliphatic carbocycles. The second kappa shape index (κ2) is 6.83. The standard InChI is InChI=1S/C18H18N4O4/c1-4-19-15-14(18(25)26-3)13-12(21(2)17(15)24)10-20-22(16(13)23)11-8-6-5-7-9-11/h5-10,19H,4H2,1-3H3. The van der Waals surface area contributed by atoms with Crippen LogP contribution in [-0.4, -0.2) is 34.0 Å². The molecule has 0 bridgehead atoms. The Bertz CT molecular complexity index is 1100. The van der Waals surface area contributed by atoms with Crippen LogP contribution in [-0.2, 0) is 11.8 Å². The summed E-state index contributed by atoms with van der Waals surface area (Å²) in [5.74, 6) is -0.758. The second-order valence-corrected chi connectivity index (χ2v) is 5.59. The molecule has 0 saturated heterocycles. The second-order valence-electron chi connectivity index (χ2n) is 5.59. The van der Waals surface area contributed by atoms with E-state index in [1.807, 2.05) is 6.07 Å². The summed E-state index contributed by atoms with van der Waals surface area (Å²) in [7, 11) is 2.73. The number of hydrogen-bond acceptors (Lipinski definition) is 6. The fourth-order valence-corrected chi connectivity index (χ4v) is 2.84. The zero-order chi connectivity index (χ0) is 18.8. The van der Waals surface area contributed by atoms with Crippen LogP contribution in [0.15, 0.2) is 46.1 Å². The normalized spacial score (nSPS) is 10.7. The van der Waals surface area contributed by atoms with E-state index in [0.29, 0.717) is 12.2 Å². The van der Waals surface area contributed by atoms with Gasteiger partial charge >= 0.3 is 5.97 Å². The van der Waals surface area contributed by atoms with Crippen molar-refractivity contribution in [3.63, 3.8) is 0 Å². The number of ether oxygens (including phenoxy) is 1. The third-order valence-corrected chi connectivity index (χ3v) is 4.08. The van der Waals surface area contributed by atoms with Crippen molar-refractivity contribution in [2.24, 2.45) is 7.05 Å². The third-order valence-electron chi connectivity index (χ3n) is 4.08. The van der Waals surface area contributed by atoms with Crippen LogP contribution in [0.4, 0.5) is 5.69 Å². The Labute approximate surface area is 148 Å². The molecular weight excluding hydrogens is 336 g/mol. The van der Waals surface area contributed by atoms with Gasteiger partial charge in [-0.2, -0.15) is 9.78 Å². The maximum Gasteiger partial charge on any atom is 0.341 e. The fourth-order valence-electron chi connectivity index (χ4n) is 2.84. The Morgan fingerprint density at radius 2 is 1.88 bits per heavy atom. The minimum Gasteiger partial charge on any atom is -0.465 e. The molecule has 0 fully saturated rings. The van der Waals surface area contributed by atoms with Gasteiger partial charge in [0, 0.05) is 13.6 Å². The van der Waals surface area contributed by atoms with E-state index in [1.165, 1.54) is 29.6 Å². The summed E-state index contributed by atoms with van der Waals surface area (Å²) in [6, 6.07) is 8.83. The molecule has 3 rings (SSSR count). The Kier molecular flexibility index (Phi) is 4.57. The first-order valence-corrected chi connectivity index (χ1v) is 8.03. The molecule has 8 nitrogen and oxygen atoms in total. The summed E-state index contributed by atoms with van der Waals surface area (Å²) in [6.07, 6.45) is 1.40. The molecule has 1 N–H and O–H groups in total. The van der Waals surface area contributed by atoms with Crippen molar-refractivity contribution in [3.05, 3.63) is 62.8 Å². The van der Waals surface area contributed by atoms with Crippen molar-refractivity contribution in [2.45, 2.75) is 6.92 Å². The lowest BCUT2D eigenvalue weighted by Gasteiger charge is -2.15. The van der Waals surface area contributed by atoms with Crippen molar-refractivity contribution >= 4 is 22.6 Å². The molecule has 3 aromatic rings. The molecular formula is C18H18N4O4. The van der Waals surface area contributed by atoms with Crippen LogP contribution in [0.3, 0.4) is 0 Å². The largest absolute Gasteiger partial charge is 0.465 e. The van der Waals surface area contributed by atoms with E-state index in [1.54, 1.807) is 31.2 Å². The summed E-state index contributed by atoms with van der Waals surface area (Å²) in [5, 5.41) is 7.11. The smallest absolute Gasteiger partial charge is 0.341 e. The molecule has 2 heterocycles. The molecule has 1 aromatic carbocycles. The van der Waals surface area contributed by atoms with Gasteiger partial charge in [0.25, 0.3) is 11.1 Å². The lowest BCUT2D eigenvalue weighted by molar-refractivity contribution is 0.0603. The molecule has 0 saturated carbocycles. The Morgan fingerprint density at radius 1 is 1.19 bits per heavy atom. The summed E-state index contributed by atoms with van der Waals surface area (Å²) in [4.78, 5) is 38.2. The summed E-state index contributed by atoms with van der Waals surface area (Å²) in [5.41, 5.74) is -0.174. The average molecular weight is 354 g/mol. The maximum atomic E-state index is 13.1. The number of hydrogen-bond donors (Lipinski definition) is 1. The lowest BCUT2D eigenvalue weighted by atomic mass is 10.1. The van der Waals surface area contributed by atoms with Gasteiger partial charge in [0.2, 0.25) is 0 Å². The van der Waals surface area contributed by atoms with Gasteiger partial charge in [0.05, 0.1) is 29.9 Å². The number of esters is 1. The molecule has 0 aliphatic rings. The van der Waals surface area contributed by atoms with E-state index in [2.05, 4.69) is 10.4 Å². The summed E-state index contributed by atoms with van der Waals surface area (Å²) >= 11 is 0. The predicted molar refractivity (Wildman–Crippen MR) is 98.1 cm³/mol. The highest BCUT2D eigenvalue weighted by Gasteiger charge is 2.25. The summed E-state index contributed by atoms with van der Waals surface area (Å²) < 4.78 is 7.32. The lowest BCUT2D eigenvalue weighted by Crippen LogP contribution is -2.31. The monoisotopic (exact) mass is 354 g/mol. The fraction of sp³-hybridized carbons (Fsp3) is 0.222. The van der Waals surface area contributed by atoms with Gasteiger partial charge in [-0.05, 0) is 19.1 Å². The number of anilines is 1. The average Bonchev–Trinajstić information content (AvgIpc) is 2.67. The minimum atomic E-state index is -0.758. The van der Waals surface area contributed by atoms with E-state index < -0.39 is 17.1 Å². The number of para-hydroxylation sites is 1. The van der Waals surface area contributed by atoms with Crippen LogP contribution in [0.1, 0.15) is 17.3 Å². The topological polar surface area (TPSA) is 95.2 Å². The molecule has 0 atom stereocenters. The predicted octanol–water partition coefficient (Wildman–Crippen LogP) is 1.30. The van der Waals surface area contributed by atoms with Crippen molar-refractivity contribution < 1.29 is 9.53 Å². The van der Waals surface area contributed by atoms with Gasteiger partial charge in [-0.3, -0.25) is 9.59 Å². The number of rotatable bonds is 4. The van der Waals surface area contributed by atoms with Crippen LogP contribution in [0.2, 0.25) is 0 Å². The van der Waals surface area contributed by atoms with E-state index in [0.717, 1.165) is 0 Å². The van der Waals surface area contributed by atoms with Crippen molar-refractivity contribution in [2.75, 3.05) is 19.0 Å². The molecule has 0 aliphatic heterocycles. The van der Waals surface area contributed by atoms with Crippen LogP contribution in [0.25, 0.3) is 16.6 Å². The molecule has 0 spiro atoms. The zero-order valence-electron chi connectivity index (χ0n) is 14.6. The van der Waals surface area contributed by atoms with Gasteiger partial charge in [-0.25, -0.2) is 4.79 Å². The number of pyridine rings is 1. The number of nitrogens with zero attached hydrogens (tertiary/aromatic N) is 3. The first kappa shape index (κ1) is 17.4. The van der Waals surface area contributed by atoms with E-state index in [-0.39, 0.29) is 22.2 Å². The number of carbonyl (C=O) groups excluding carboxylic acids is 1. The molecule has 2 aromatic heterocycles. The number of methoxy groups -OCH3 is 1. The molecule has 134 valence electrons. The van der Waals surface area contributed by atoms with Crippen molar-refractivity contribution in [1.29, 1.82) is 0 Å². The van der Waals surface area contributed by atoms with E-state index in [4.69, 9.17) is 4.74 Å². The quantitative estimate of drug-likeness (QED) is 0.710. The number of aromatic nitrogens is 3. The SMILES string of the molecule is CCNc1c(C(=O)OC)c2c(=O)n(-c3ccccc3)ncc2n(C)c1=O. The highest BCUT2D eigenvalue weighted by Crippen LogP contribution is 2.21. The maximum absolute atomic E-state index is 13.1. The summed E-state index contributed by atoms with van der Waals surface area (Å²) in [6.45, 7) is 2.20. The Hall–Kier alpha value is -3.42. The van der Waals surface area contributed by atoms with Crippen LogP contribution < -0.4 is 16.4 Å². The van der Waals surface area contributed by atoms with Crippen molar-refractivity contribution in [3.8, 4) is 5.69 Å². The highest BCUT2D eigenvalue weighted by atomic mass is 16.5. The number of fused-ring (bicyclic) bond motifs is 1.